The Balaban J connectivity index is 1.27. The summed E-state index contributed by atoms with van der Waals surface area (Å²) < 4.78 is 6.87. The largest absolute Gasteiger partial charge is 0.494 e. The molecule has 0 bridgehead atoms. The van der Waals surface area contributed by atoms with Crippen LogP contribution in [0.2, 0.25) is 0 Å². The van der Waals surface area contributed by atoms with Crippen LogP contribution in [-0.2, 0) is 19.4 Å². The average Bonchev–Trinajstić information content (AvgIpc) is 2.81. The van der Waals surface area contributed by atoms with Gasteiger partial charge in [0, 0.05) is 42.3 Å². The number of rotatable bonds is 9. The van der Waals surface area contributed by atoms with Crippen molar-refractivity contribution in [3.63, 3.8) is 0 Å². The van der Waals surface area contributed by atoms with Crippen molar-refractivity contribution in [1.29, 1.82) is 0 Å². The molecule has 1 fully saturated rings. The smallest absolute Gasteiger partial charge is 0.225 e. The van der Waals surface area contributed by atoms with Gasteiger partial charge in [0.25, 0.3) is 0 Å². The van der Waals surface area contributed by atoms with Crippen LogP contribution in [0.25, 0.3) is 0 Å². The van der Waals surface area contributed by atoms with Gasteiger partial charge in [-0.15, -0.1) is 0 Å². The maximum Gasteiger partial charge on any atom is 0.225 e. The molecular weight excluding hydrogens is 478 g/mol. The van der Waals surface area contributed by atoms with E-state index in [1.165, 1.54) is 55.3 Å². The van der Waals surface area contributed by atoms with Gasteiger partial charge in [0.15, 0.2) is 0 Å². The van der Waals surface area contributed by atoms with Gasteiger partial charge in [-0.2, -0.15) is 4.98 Å². The lowest BCUT2D eigenvalue weighted by atomic mass is 9.86. The number of aromatic nitrogens is 2. The lowest BCUT2D eigenvalue weighted by Crippen LogP contribution is -2.32. The van der Waals surface area contributed by atoms with Gasteiger partial charge in [-0.25, -0.2) is 4.98 Å². The van der Waals surface area contributed by atoms with Crippen molar-refractivity contribution in [2.24, 2.45) is 5.92 Å². The zero-order valence-corrected chi connectivity index (χ0v) is 21.9. The van der Waals surface area contributed by atoms with Crippen LogP contribution >= 0.6 is 15.9 Å². The van der Waals surface area contributed by atoms with Crippen molar-refractivity contribution in [2.45, 2.75) is 70.9 Å². The molecule has 1 heterocycles. The minimum absolute atomic E-state index is 0.465. The van der Waals surface area contributed by atoms with E-state index < -0.39 is 0 Å². The summed E-state index contributed by atoms with van der Waals surface area (Å²) in [5.41, 5.74) is 3.81. The fraction of sp³-hybridized carbons (Fsp3) is 0.615. The molecule has 33 heavy (non-hydrogen) atoms. The lowest BCUT2D eigenvalue weighted by Gasteiger charge is -2.30. The van der Waals surface area contributed by atoms with Gasteiger partial charge in [0.2, 0.25) is 5.95 Å². The molecule has 1 aromatic heterocycles. The number of halogens is 1. The molecule has 2 aromatic rings. The Morgan fingerprint density at radius 3 is 2.64 bits per heavy atom. The molecule has 180 valence electrons. The van der Waals surface area contributed by atoms with Crippen LogP contribution in [0.4, 0.5) is 11.8 Å². The Bertz CT molecular complexity index is 927. The molecule has 4 rings (SSSR count). The second-order valence-electron chi connectivity index (χ2n) is 9.58. The normalized spacial score (nSPS) is 20.2. The first kappa shape index (κ1) is 24.3. The molecule has 0 saturated heterocycles. The molecule has 2 N–H and O–H groups in total. The zero-order chi connectivity index (χ0) is 23.2. The van der Waals surface area contributed by atoms with Crippen LogP contribution < -0.4 is 20.3 Å². The number of anilines is 2. The molecule has 0 atom stereocenters. The van der Waals surface area contributed by atoms with Crippen molar-refractivity contribution in [3.05, 3.63) is 39.5 Å². The fourth-order valence-corrected chi connectivity index (χ4v) is 5.50. The highest BCUT2D eigenvalue weighted by Crippen LogP contribution is 2.30. The number of aryl methyl sites for hydroxylation is 1. The van der Waals surface area contributed by atoms with E-state index >= 15 is 0 Å². The van der Waals surface area contributed by atoms with Crippen molar-refractivity contribution >= 4 is 27.7 Å². The Kier molecular flexibility index (Phi) is 8.47. The summed E-state index contributed by atoms with van der Waals surface area (Å²) in [5.74, 6) is 3.61. The Morgan fingerprint density at radius 2 is 1.88 bits per heavy atom. The maximum absolute atomic E-state index is 5.78. The van der Waals surface area contributed by atoms with E-state index in [4.69, 9.17) is 14.7 Å². The Hall–Kier alpha value is -1.86. The molecule has 1 aromatic carbocycles. The first-order valence-corrected chi connectivity index (χ1v) is 13.3. The summed E-state index contributed by atoms with van der Waals surface area (Å²) in [7, 11) is 4.18. The highest BCUT2D eigenvalue weighted by Gasteiger charge is 2.24. The van der Waals surface area contributed by atoms with E-state index in [0.717, 1.165) is 47.9 Å². The van der Waals surface area contributed by atoms with E-state index in [0.29, 0.717) is 18.6 Å². The standard InChI is InChI=1S/C26H38BrN5O/c1-4-33-24-14-11-20(27)15-19(24)17-28-16-18-9-12-21(13-10-18)29-26-30-23-8-6-5-7-22(23)25(31-26)32(2)3/h11,14-15,18,21,28H,4-10,12-13,16-17H2,1-3H3,(H,29,30,31)/t18-,21+. The van der Waals surface area contributed by atoms with E-state index in [1.54, 1.807) is 0 Å². The van der Waals surface area contributed by atoms with Gasteiger partial charge >= 0.3 is 0 Å². The average molecular weight is 517 g/mol. The zero-order valence-electron chi connectivity index (χ0n) is 20.3. The highest BCUT2D eigenvalue weighted by molar-refractivity contribution is 9.10. The molecule has 7 heteroatoms. The van der Waals surface area contributed by atoms with Crippen molar-refractivity contribution in [2.75, 3.05) is 37.5 Å². The van der Waals surface area contributed by atoms with Crippen molar-refractivity contribution in [3.8, 4) is 5.75 Å². The Morgan fingerprint density at radius 1 is 1.09 bits per heavy atom. The molecule has 0 unspecified atom stereocenters. The number of ether oxygens (including phenoxy) is 1. The Labute approximate surface area is 207 Å². The molecule has 2 aliphatic rings. The molecular formula is C26H38BrN5O. The lowest BCUT2D eigenvalue weighted by molar-refractivity contribution is 0.318. The number of benzene rings is 1. The van der Waals surface area contributed by atoms with Crippen LogP contribution in [0, 0.1) is 5.92 Å². The van der Waals surface area contributed by atoms with Gasteiger partial charge in [0.1, 0.15) is 11.6 Å². The number of nitrogens with one attached hydrogen (secondary N) is 2. The third kappa shape index (κ3) is 6.38. The molecule has 2 aliphatic carbocycles. The van der Waals surface area contributed by atoms with Crippen LogP contribution in [0.1, 0.15) is 62.3 Å². The van der Waals surface area contributed by atoms with E-state index in [-0.39, 0.29) is 0 Å². The number of hydrogen-bond acceptors (Lipinski definition) is 6. The number of fused-ring (bicyclic) bond motifs is 1. The second-order valence-corrected chi connectivity index (χ2v) is 10.5. The van der Waals surface area contributed by atoms with Crippen LogP contribution in [0.3, 0.4) is 0 Å². The molecule has 0 amide bonds. The summed E-state index contributed by atoms with van der Waals surface area (Å²) in [6.45, 7) is 4.60. The highest BCUT2D eigenvalue weighted by atomic mass is 79.9. The van der Waals surface area contributed by atoms with Crippen LogP contribution in [0.5, 0.6) is 5.75 Å². The van der Waals surface area contributed by atoms with Gasteiger partial charge in [-0.3, -0.25) is 0 Å². The second kappa shape index (κ2) is 11.5. The maximum atomic E-state index is 5.78. The van der Waals surface area contributed by atoms with Gasteiger partial charge in [0.05, 0.1) is 12.3 Å². The van der Waals surface area contributed by atoms with Crippen molar-refractivity contribution in [1.82, 2.24) is 15.3 Å². The van der Waals surface area contributed by atoms with E-state index in [1.807, 2.05) is 19.1 Å². The number of nitrogens with zero attached hydrogens (tertiary/aromatic N) is 3. The van der Waals surface area contributed by atoms with Gasteiger partial charge in [-0.1, -0.05) is 15.9 Å². The summed E-state index contributed by atoms with van der Waals surface area (Å²) in [6, 6.07) is 6.70. The topological polar surface area (TPSA) is 62.3 Å². The minimum atomic E-state index is 0.465. The minimum Gasteiger partial charge on any atom is -0.494 e. The van der Waals surface area contributed by atoms with Crippen molar-refractivity contribution < 1.29 is 4.74 Å². The quantitative estimate of drug-likeness (QED) is 0.469. The first-order valence-electron chi connectivity index (χ1n) is 12.5. The van der Waals surface area contributed by atoms with Gasteiger partial charge in [-0.05, 0) is 89.0 Å². The monoisotopic (exact) mass is 515 g/mol. The predicted molar refractivity (Wildman–Crippen MR) is 139 cm³/mol. The van der Waals surface area contributed by atoms with Gasteiger partial charge < -0.3 is 20.3 Å². The third-order valence-electron chi connectivity index (χ3n) is 6.84. The number of hydrogen-bond donors (Lipinski definition) is 2. The molecule has 0 aliphatic heterocycles. The summed E-state index contributed by atoms with van der Waals surface area (Å²) in [5, 5.41) is 7.33. The molecule has 0 radical (unpaired) electrons. The molecule has 0 spiro atoms. The fourth-order valence-electron chi connectivity index (χ4n) is 5.10. The first-order chi connectivity index (χ1) is 16.0. The van der Waals surface area contributed by atoms with E-state index in [9.17, 15) is 0 Å². The van der Waals surface area contributed by atoms with E-state index in [2.05, 4.69) is 51.6 Å². The van der Waals surface area contributed by atoms with Crippen LogP contribution in [0.15, 0.2) is 22.7 Å². The molecule has 6 nitrogen and oxygen atoms in total. The molecule has 1 saturated carbocycles. The third-order valence-corrected chi connectivity index (χ3v) is 7.33. The van der Waals surface area contributed by atoms with Crippen LogP contribution in [-0.4, -0.2) is 43.3 Å². The SMILES string of the molecule is CCOc1ccc(Br)cc1CNC[C@H]1CC[C@@H](Nc2nc3c(c(N(C)C)n2)CCCC3)CC1. The predicted octanol–water partition coefficient (Wildman–Crippen LogP) is 5.34. The summed E-state index contributed by atoms with van der Waals surface area (Å²) in [4.78, 5) is 11.9. The summed E-state index contributed by atoms with van der Waals surface area (Å²) >= 11 is 3.58. The summed E-state index contributed by atoms with van der Waals surface area (Å²) in [6.07, 6.45) is 9.47.